The number of benzene rings is 1. The maximum absolute atomic E-state index is 11.5. The molecule has 0 saturated carbocycles. The Morgan fingerprint density at radius 2 is 2.25 bits per heavy atom. The highest BCUT2D eigenvalue weighted by Gasteiger charge is 2.22. The number of hydrogen-bond acceptors (Lipinski definition) is 3. The summed E-state index contributed by atoms with van der Waals surface area (Å²) in [6.45, 7) is 0.342. The number of amides is 1. The number of isocyanates is 1. The minimum absolute atomic E-state index is 0.128. The molecule has 0 bridgehead atoms. The van der Waals surface area contributed by atoms with Crippen LogP contribution in [-0.4, -0.2) is 19.0 Å². The molecule has 2 rings (SSSR count). The van der Waals surface area contributed by atoms with Crippen molar-refractivity contribution in [3.8, 4) is 0 Å². The van der Waals surface area contributed by atoms with Gasteiger partial charge in [0.15, 0.2) is 0 Å². The van der Waals surface area contributed by atoms with Crippen molar-refractivity contribution < 1.29 is 9.59 Å². The molecule has 82 valence electrons. The van der Waals surface area contributed by atoms with Gasteiger partial charge in [0, 0.05) is 19.2 Å². The van der Waals surface area contributed by atoms with Crippen molar-refractivity contribution in [2.75, 3.05) is 11.9 Å². The fraction of sp³-hybridized carbons (Fsp3) is 0.333. The minimum Gasteiger partial charge on any atom is -0.315 e. The maximum Gasteiger partial charge on any atom is 0.235 e. The van der Waals surface area contributed by atoms with E-state index < -0.39 is 0 Å². The zero-order valence-corrected chi connectivity index (χ0v) is 9.06. The number of carbonyl (C=O) groups is 1. The Hall–Kier alpha value is -1.93. The van der Waals surface area contributed by atoms with Crippen LogP contribution in [0.4, 0.5) is 5.69 Å². The van der Waals surface area contributed by atoms with Crippen LogP contribution >= 0.6 is 0 Å². The van der Waals surface area contributed by atoms with E-state index in [1.807, 2.05) is 18.2 Å². The van der Waals surface area contributed by atoms with Crippen LogP contribution < -0.4 is 4.90 Å². The van der Waals surface area contributed by atoms with Crippen LogP contribution in [0.5, 0.6) is 0 Å². The standard InChI is InChI=1S/C12H12N2O2/c1-14-11-4-2-3-9(7-13-8-15)10(11)5-6-12(14)16/h2-4H,5-7H2,1H3. The highest BCUT2D eigenvalue weighted by Crippen LogP contribution is 2.29. The summed E-state index contributed by atoms with van der Waals surface area (Å²) in [5.74, 6) is 0.128. The molecule has 0 radical (unpaired) electrons. The van der Waals surface area contributed by atoms with E-state index in [1.54, 1.807) is 11.9 Å². The van der Waals surface area contributed by atoms with Crippen LogP contribution in [0, 0.1) is 0 Å². The fourth-order valence-corrected chi connectivity index (χ4v) is 2.02. The zero-order valence-electron chi connectivity index (χ0n) is 9.06. The molecular weight excluding hydrogens is 204 g/mol. The molecule has 16 heavy (non-hydrogen) atoms. The monoisotopic (exact) mass is 216 g/mol. The Kier molecular flexibility index (Phi) is 2.84. The lowest BCUT2D eigenvalue weighted by Gasteiger charge is -2.27. The molecule has 4 nitrogen and oxygen atoms in total. The van der Waals surface area contributed by atoms with Crippen molar-refractivity contribution in [2.45, 2.75) is 19.4 Å². The van der Waals surface area contributed by atoms with E-state index in [2.05, 4.69) is 4.99 Å². The summed E-state index contributed by atoms with van der Waals surface area (Å²) >= 11 is 0. The van der Waals surface area contributed by atoms with Crippen molar-refractivity contribution in [3.63, 3.8) is 0 Å². The largest absolute Gasteiger partial charge is 0.315 e. The molecule has 0 unspecified atom stereocenters. The number of aliphatic imine (C=N–C) groups is 1. The van der Waals surface area contributed by atoms with Gasteiger partial charge in [-0.05, 0) is 23.6 Å². The van der Waals surface area contributed by atoms with Crippen LogP contribution in [0.1, 0.15) is 17.5 Å². The van der Waals surface area contributed by atoms with Gasteiger partial charge >= 0.3 is 0 Å². The number of anilines is 1. The first kappa shape index (κ1) is 10.6. The molecule has 1 amide bonds. The quantitative estimate of drug-likeness (QED) is 0.554. The van der Waals surface area contributed by atoms with Gasteiger partial charge in [-0.2, -0.15) is 0 Å². The molecular formula is C12H12N2O2. The van der Waals surface area contributed by atoms with Crippen molar-refractivity contribution in [2.24, 2.45) is 4.99 Å². The van der Waals surface area contributed by atoms with E-state index >= 15 is 0 Å². The molecule has 1 aromatic rings. The summed E-state index contributed by atoms with van der Waals surface area (Å²) in [4.78, 5) is 26.9. The molecule has 1 aliphatic rings. The van der Waals surface area contributed by atoms with Crippen LogP contribution in [0.3, 0.4) is 0 Å². The first-order valence-corrected chi connectivity index (χ1v) is 5.15. The van der Waals surface area contributed by atoms with Gasteiger partial charge in [0.05, 0.1) is 6.54 Å². The summed E-state index contributed by atoms with van der Waals surface area (Å²) in [6.07, 6.45) is 2.78. The van der Waals surface area contributed by atoms with Gasteiger partial charge in [-0.25, -0.2) is 9.79 Å². The van der Waals surface area contributed by atoms with Crippen LogP contribution in [-0.2, 0) is 22.6 Å². The Morgan fingerprint density at radius 1 is 1.44 bits per heavy atom. The predicted molar refractivity (Wildman–Crippen MR) is 60.0 cm³/mol. The van der Waals surface area contributed by atoms with Crippen molar-refractivity contribution in [3.05, 3.63) is 29.3 Å². The molecule has 0 atom stereocenters. The van der Waals surface area contributed by atoms with Crippen molar-refractivity contribution >= 4 is 17.7 Å². The van der Waals surface area contributed by atoms with Gasteiger partial charge in [0.1, 0.15) is 0 Å². The molecule has 0 aliphatic carbocycles. The van der Waals surface area contributed by atoms with Gasteiger partial charge in [-0.3, -0.25) is 4.79 Å². The summed E-state index contributed by atoms with van der Waals surface area (Å²) < 4.78 is 0. The second kappa shape index (κ2) is 4.29. The molecule has 4 heteroatoms. The van der Waals surface area contributed by atoms with Crippen LogP contribution in [0.2, 0.25) is 0 Å². The normalized spacial score (nSPS) is 14.3. The third-order valence-electron chi connectivity index (χ3n) is 2.89. The Morgan fingerprint density at radius 3 is 3.00 bits per heavy atom. The average Bonchev–Trinajstić information content (AvgIpc) is 2.31. The second-order valence-corrected chi connectivity index (χ2v) is 3.78. The van der Waals surface area contributed by atoms with E-state index in [1.165, 1.54) is 6.08 Å². The second-order valence-electron chi connectivity index (χ2n) is 3.78. The van der Waals surface area contributed by atoms with Gasteiger partial charge < -0.3 is 4.90 Å². The lowest BCUT2D eigenvalue weighted by Crippen LogP contribution is -2.31. The topological polar surface area (TPSA) is 49.7 Å². The minimum atomic E-state index is 0.128. The van der Waals surface area contributed by atoms with E-state index in [4.69, 9.17) is 0 Å². The third kappa shape index (κ3) is 1.75. The van der Waals surface area contributed by atoms with Gasteiger partial charge in [0.2, 0.25) is 12.0 Å². The summed E-state index contributed by atoms with van der Waals surface area (Å²) in [5, 5.41) is 0. The van der Waals surface area contributed by atoms with Crippen molar-refractivity contribution in [1.82, 2.24) is 0 Å². The van der Waals surface area contributed by atoms with Gasteiger partial charge in [0.25, 0.3) is 0 Å². The molecule has 1 aromatic carbocycles. The molecule has 0 spiro atoms. The molecule has 0 N–H and O–H groups in total. The summed E-state index contributed by atoms with van der Waals surface area (Å²) in [7, 11) is 1.77. The molecule has 0 saturated heterocycles. The summed E-state index contributed by atoms with van der Waals surface area (Å²) in [6, 6.07) is 5.73. The number of nitrogens with zero attached hydrogens (tertiary/aromatic N) is 2. The number of hydrogen-bond donors (Lipinski definition) is 0. The molecule has 1 heterocycles. The SMILES string of the molecule is CN1C(=O)CCc2c(CN=C=O)cccc21. The summed E-state index contributed by atoms with van der Waals surface area (Å²) in [5.41, 5.74) is 3.04. The number of rotatable bonds is 2. The number of carbonyl (C=O) groups excluding carboxylic acids is 2. The number of fused-ring (bicyclic) bond motifs is 1. The first-order valence-electron chi connectivity index (χ1n) is 5.15. The smallest absolute Gasteiger partial charge is 0.235 e. The van der Waals surface area contributed by atoms with Crippen molar-refractivity contribution in [1.29, 1.82) is 0 Å². The average molecular weight is 216 g/mol. The Balaban J connectivity index is 2.43. The maximum atomic E-state index is 11.5. The van der Waals surface area contributed by atoms with Crippen LogP contribution in [0.25, 0.3) is 0 Å². The van der Waals surface area contributed by atoms with Gasteiger partial charge in [-0.1, -0.05) is 12.1 Å². The lowest BCUT2D eigenvalue weighted by molar-refractivity contribution is -0.118. The molecule has 1 aliphatic heterocycles. The van der Waals surface area contributed by atoms with E-state index in [0.717, 1.165) is 23.2 Å². The predicted octanol–water partition coefficient (Wildman–Crippen LogP) is 1.43. The lowest BCUT2D eigenvalue weighted by atomic mass is 9.96. The van der Waals surface area contributed by atoms with Crippen LogP contribution in [0.15, 0.2) is 23.2 Å². The van der Waals surface area contributed by atoms with E-state index in [-0.39, 0.29) is 5.91 Å². The highest BCUT2D eigenvalue weighted by molar-refractivity contribution is 5.96. The third-order valence-corrected chi connectivity index (χ3v) is 2.89. The Labute approximate surface area is 93.6 Å². The van der Waals surface area contributed by atoms with E-state index in [9.17, 15) is 9.59 Å². The molecule has 0 fully saturated rings. The first-order chi connectivity index (χ1) is 7.74. The highest BCUT2D eigenvalue weighted by atomic mass is 16.2. The van der Waals surface area contributed by atoms with Gasteiger partial charge in [-0.15, -0.1) is 0 Å². The van der Waals surface area contributed by atoms with E-state index in [0.29, 0.717) is 13.0 Å². The molecule has 0 aromatic heterocycles. The zero-order chi connectivity index (χ0) is 11.5. The Bertz CT molecular complexity index is 476. The fourth-order valence-electron chi connectivity index (χ4n) is 2.02.